The Balaban J connectivity index is 1.86. The van der Waals surface area contributed by atoms with Gasteiger partial charge in [0.1, 0.15) is 0 Å². The lowest BCUT2D eigenvalue weighted by molar-refractivity contribution is -0.384. The number of benzene rings is 1. The van der Waals surface area contributed by atoms with Crippen molar-refractivity contribution in [1.29, 1.82) is 0 Å². The molecule has 1 aliphatic carbocycles. The molecule has 2 atom stereocenters. The average Bonchev–Trinajstić information content (AvgIpc) is 2.66. The number of carbonyl (C=O) groups is 1. The highest BCUT2D eigenvalue weighted by Crippen LogP contribution is 2.26. The van der Waals surface area contributed by atoms with Gasteiger partial charge in [0.15, 0.2) is 0 Å². The summed E-state index contributed by atoms with van der Waals surface area (Å²) < 4.78 is 27.4. The van der Waals surface area contributed by atoms with Crippen molar-refractivity contribution < 1.29 is 23.2 Å². The molecule has 0 aromatic heterocycles. The van der Waals surface area contributed by atoms with Gasteiger partial charge in [-0.2, -0.15) is 0 Å². The maximum absolute atomic E-state index is 12.3. The Kier molecular flexibility index (Phi) is 8.53. The minimum absolute atomic E-state index is 0.0487. The highest BCUT2D eigenvalue weighted by atomic mass is 32.2. The lowest BCUT2D eigenvalue weighted by Gasteiger charge is -2.27. The Labute approximate surface area is 170 Å². The summed E-state index contributed by atoms with van der Waals surface area (Å²) in [6.45, 7) is 0. The summed E-state index contributed by atoms with van der Waals surface area (Å²) in [5, 5.41) is 20.4. The van der Waals surface area contributed by atoms with E-state index in [1.54, 1.807) is 0 Å². The molecule has 0 aliphatic heterocycles. The molecule has 0 amide bonds. The number of nitrogens with zero attached hydrogens (tertiary/aromatic N) is 1. The number of carboxylic acids is 1. The van der Waals surface area contributed by atoms with Crippen LogP contribution in [0.15, 0.2) is 41.8 Å². The maximum atomic E-state index is 12.3. The first kappa shape index (κ1) is 22.8. The summed E-state index contributed by atoms with van der Waals surface area (Å²) in [6.07, 6.45) is 10.3. The third-order valence-electron chi connectivity index (χ3n) is 4.76. The van der Waals surface area contributed by atoms with E-state index in [1.807, 2.05) is 6.08 Å². The van der Waals surface area contributed by atoms with Crippen LogP contribution in [0.25, 0.3) is 6.08 Å². The minimum Gasteiger partial charge on any atom is -0.481 e. The molecule has 0 bridgehead atoms. The van der Waals surface area contributed by atoms with E-state index in [1.165, 1.54) is 30.3 Å². The molecule has 0 spiro atoms. The number of non-ortho nitro benzene ring substituents is 1. The predicted molar refractivity (Wildman–Crippen MR) is 111 cm³/mol. The fourth-order valence-corrected chi connectivity index (χ4v) is 4.41. The van der Waals surface area contributed by atoms with E-state index in [2.05, 4.69) is 10.8 Å². The van der Waals surface area contributed by atoms with E-state index in [0.29, 0.717) is 24.8 Å². The largest absolute Gasteiger partial charge is 0.481 e. The second kappa shape index (κ2) is 10.9. The number of rotatable bonds is 10. The molecule has 158 valence electrons. The number of nitro groups is 1. The number of aliphatic carboxylic acids is 1. The Morgan fingerprint density at radius 2 is 2.00 bits per heavy atom. The molecule has 0 radical (unpaired) electrons. The van der Waals surface area contributed by atoms with Gasteiger partial charge in [0, 0.05) is 30.0 Å². The number of hydrogen-bond donors (Lipinski definition) is 2. The van der Waals surface area contributed by atoms with Gasteiger partial charge in [0.2, 0.25) is 10.0 Å². The number of allylic oxidation sites excluding steroid dienone is 2. The van der Waals surface area contributed by atoms with Gasteiger partial charge in [-0.3, -0.25) is 14.9 Å². The number of hydrogen-bond acceptors (Lipinski definition) is 5. The molecule has 1 aliphatic rings. The minimum atomic E-state index is -3.62. The maximum Gasteiger partial charge on any atom is 0.303 e. The van der Waals surface area contributed by atoms with Crippen molar-refractivity contribution in [2.24, 2.45) is 5.92 Å². The number of sulfonamides is 1. The Bertz CT molecular complexity index is 861. The molecule has 2 unspecified atom stereocenters. The molecular weight excluding hydrogens is 396 g/mol. The van der Waals surface area contributed by atoms with Gasteiger partial charge in [-0.15, -0.1) is 0 Å². The zero-order chi connectivity index (χ0) is 21.3. The first-order valence-electron chi connectivity index (χ1n) is 9.58. The predicted octanol–water partition coefficient (Wildman–Crippen LogP) is 3.85. The highest BCUT2D eigenvalue weighted by molar-refractivity contribution is 7.92. The molecule has 1 aromatic carbocycles. The van der Waals surface area contributed by atoms with Crippen molar-refractivity contribution in [3.8, 4) is 0 Å². The van der Waals surface area contributed by atoms with Crippen LogP contribution in [0.4, 0.5) is 5.69 Å². The summed E-state index contributed by atoms with van der Waals surface area (Å²) in [7, 11) is -3.62. The lowest BCUT2D eigenvalue weighted by Crippen LogP contribution is -2.37. The van der Waals surface area contributed by atoms with Crippen LogP contribution in [0.2, 0.25) is 0 Å². The third kappa shape index (κ3) is 8.57. The fourth-order valence-electron chi connectivity index (χ4n) is 3.32. The van der Waals surface area contributed by atoms with Crippen LogP contribution in [0.5, 0.6) is 0 Å². The van der Waals surface area contributed by atoms with Crippen LogP contribution in [-0.4, -0.2) is 30.5 Å². The van der Waals surface area contributed by atoms with E-state index >= 15 is 0 Å². The quantitative estimate of drug-likeness (QED) is 0.255. The van der Waals surface area contributed by atoms with Crippen molar-refractivity contribution in [2.45, 2.75) is 51.0 Å². The molecule has 8 nitrogen and oxygen atoms in total. The van der Waals surface area contributed by atoms with Crippen molar-refractivity contribution in [3.05, 3.63) is 57.5 Å². The highest BCUT2D eigenvalue weighted by Gasteiger charge is 2.23. The smallest absolute Gasteiger partial charge is 0.303 e. The summed E-state index contributed by atoms with van der Waals surface area (Å²) >= 11 is 0. The molecule has 29 heavy (non-hydrogen) atoms. The monoisotopic (exact) mass is 422 g/mol. The van der Waals surface area contributed by atoms with Crippen molar-refractivity contribution in [2.75, 3.05) is 0 Å². The summed E-state index contributed by atoms with van der Waals surface area (Å²) in [4.78, 5) is 20.7. The normalized spacial score (nSPS) is 20.3. The van der Waals surface area contributed by atoms with E-state index in [9.17, 15) is 23.3 Å². The van der Waals surface area contributed by atoms with E-state index in [-0.39, 0.29) is 24.1 Å². The molecule has 1 aromatic rings. The summed E-state index contributed by atoms with van der Waals surface area (Å²) in [5.74, 6) is -0.521. The zero-order valence-corrected chi connectivity index (χ0v) is 16.9. The molecule has 2 N–H and O–H groups in total. The topological polar surface area (TPSA) is 127 Å². The van der Waals surface area contributed by atoms with Gasteiger partial charge in [-0.05, 0) is 61.8 Å². The van der Waals surface area contributed by atoms with Crippen LogP contribution in [0.1, 0.15) is 50.5 Å². The molecule has 1 saturated carbocycles. The molecule has 2 rings (SSSR count). The van der Waals surface area contributed by atoms with Crippen molar-refractivity contribution in [1.82, 2.24) is 4.72 Å². The molecule has 0 saturated heterocycles. The second-order valence-electron chi connectivity index (χ2n) is 7.15. The Morgan fingerprint density at radius 3 is 2.66 bits per heavy atom. The SMILES string of the molecule is O=C(O)CCCC=CC1CCCC(NS(=O)(=O)C=Cc2ccc([N+](=O)[O-])cc2)C1. The molecule has 1 fully saturated rings. The zero-order valence-electron chi connectivity index (χ0n) is 16.1. The van der Waals surface area contributed by atoms with E-state index in [0.717, 1.165) is 24.7 Å². The number of carboxylic acid groups (broad SMARTS) is 1. The number of nitro benzene ring substituents is 1. The van der Waals surface area contributed by atoms with Gasteiger partial charge < -0.3 is 5.11 Å². The molecule has 9 heteroatoms. The second-order valence-corrected chi connectivity index (χ2v) is 8.75. The van der Waals surface area contributed by atoms with Gasteiger partial charge in [0.05, 0.1) is 4.92 Å². The summed E-state index contributed by atoms with van der Waals surface area (Å²) in [6, 6.07) is 5.50. The third-order valence-corrected chi connectivity index (χ3v) is 5.92. The summed E-state index contributed by atoms with van der Waals surface area (Å²) in [5.41, 5.74) is 0.513. The van der Waals surface area contributed by atoms with Crippen LogP contribution < -0.4 is 4.72 Å². The first-order chi connectivity index (χ1) is 13.7. The standard InChI is InChI=1S/C20H26N2O6S/c23-20(24)8-3-1-2-5-17-6-4-7-18(15-17)21-29(27,28)14-13-16-9-11-19(12-10-16)22(25)26/h2,5,9-14,17-18,21H,1,3-4,6-8,15H2,(H,23,24). The number of unbranched alkanes of at least 4 members (excludes halogenated alkanes) is 1. The van der Waals surface area contributed by atoms with E-state index < -0.39 is 20.9 Å². The lowest BCUT2D eigenvalue weighted by atomic mass is 9.86. The molecular formula is C20H26N2O6S. The van der Waals surface area contributed by atoms with Crippen LogP contribution >= 0.6 is 0 Å². The van der Waals surface area contributed by atoms with Crippen LogP contribution in [0, 0.1) is 16.0 Å². The van der Waals surface area contributed by atoms with Gasteiger partial charge in [-0.1, -0.05) is 18.6 Å². The van der Waals surface area contributed by atoms with Crippen molar-refractivity contribution in [3.63, 3.8) is 0 Å². The van der Waals surface area contributed by atoms with Crippen molar-refractivity contribution >= 4 is 27.8 Å². The average molecular weight is 423 g/mol. The van der Waals surface area contributed by atoms with Gasteiger partial charge in [0.25, 0.3) is 5.69 Å². The van der Waals surface area contributed by atoms with Gasteiger partial charge >= 0.3 is 5.97 Å². The Morgan fingerprint density at radius 1 is 1.28 bits per heavy atom. The Hall–Kier alpha value is -2.52. The van der Waals surface area contributed by atoms with Crippen LogP contribution in [0.3, 0.4) is 0 Å². The van der Waals surface area contributed by atoms with Gasteiger partial charge in [-0.25, -0.2) is 13.1 Å². The van der Waals surface area contributed by atoms with Crippen LogP contribution in [-0.2, 0) is 14.8 Å². The first-order valence-corrected chi connectivity index (χ1v) is 11.1. The fraction of sp³-hybridized carbons (Fsp3) is 0.450. The number of nitrogens with one attached hydrogen (secondary N) is 1. The van der Waals surface area contributed by atoms with E-state index in [4.69, 9.17) is 5.11 Å². The molecule has 0 heterocycles.